The Morgan fingerprint density at radius 2 is 2.00 bits per heavy atom. The molecule has 4 rings (SSSR count). The van der Waals surface area contributed by atoms with Gasteiger partial charge in [0.2, 0.25) is 0 Å². The van der Waals surface area contributed by atoms with Gasteiger partial charge >= 0.3 is 5.97 Å². The molecule has 178 valence electrons. The van der Waals surface area contributed by atoms with Gasteiger partial charge in [0.1, 0.15) is 6.10 Å². The molecule has 1 heterocycles. The van der Waals surface area contributed by atoms with Gasteiger partial charge < -0.3 is 20.1 Å². The molecule has 1 saturated heterocycles. The van der Waals surface area contributed by atoms with E-state index in [9.17, 15) is 20.1 Å². The van der Waals surface area contributed by atoms with E-state index in [0.29, 0.717) is 37.0 Å². The van der Waals surface area contributed by atoms with Crippen LogP contribution in [0.4, 0.5) is 0 Å². The van der Waals surface area contributed by atoms with Crippen molar-refractivity contribution in [1.29, 1.82) is 0 Å². The SMILES string of the molecule is C=C1/C(=C/C=C2\CCC[C@]3(C)[C@@H]([C@H](C)C[C@H]4C[C@](C)(O)C(=O)O4)CC[C@@H]23)C[C@@H](O)C[C@@H]1O. The van der Waals surface area contributed by atoms with Gasteiger partial charge in [0.15, 0.2) is 5.60 Å². The zero-order chi connectivity index (χ0) is 23.3. The predicted molar refractivity (Wildman–Crippen MR) is 124 cm³/mol. The fraction of sp³-hybridized carbons (Fsp3) is 0.741. The number of aliphatic hydroxyl groups excluding tert-OH is 2. The van der Waals surface area contributed by atoms with Crippen molar-refractivity contribution in [3.63, 3.8) is 0 Å². The van der Waals surface area contributed by atoms with Crippen molar-refractivity contribution in [3.8, 4) is 0 Å². The summed E-state index contributed by atoms with van der Waals surface area (Å²) >= 11 is 0. The quantitative estimate of drug-likeness (QED) is 0.565. The van der Waals surface area contributed by atoms with Crippen LogP contribution in [0.5, 0.6) is 0 Å². The fourth-order valence-electron chi connectivity index (χ4n) is 7.24. The fourth-order valence-corrected chi connectivity index (χ4v) is 7.24. The van der Waals surface area contributed by atoms with Crippen LogP contribution in [0.25, 0.3) is 0 Å². The number of hydrogen-bond donors (Lipinski definition) is 3. The largest absolute Gasteiger partial charge is 0.460 e. The lowest BCUT2D eigenvalue weighted by molar-refractivity contribution is -0.154. The smallest absolute Gasteiger partial charge is 0.338 e. The van der Waals surface area contributed by atoms with Crippen LogP contribution in [0.1, 0.15) is 78.6 Å². The van der Waals surface area contributed by atoms with E-state index in [-0.39, 0.29) is 11.5 Å². The Balaban J connectivity index is 1.47. The Hall–Kier alpha value is -1.43. The van der Waals surface area contributed by atoms with Crippen LogP contribution in [0.3, 0.4) is 0 Å². The van der Waals surface area contributed by atoms with Crippen LogP contribution < -0.4 is 0 Å². The van der Waals surface area contributed by atoms with Crippen molar-refractivity contribution < 1.29 is 24.9 Å². The third-order valence-electron chi connectivity index (χ3n) is 8.96. The lowest BCUT2D eigenvalue weighted by atomic mass is 9.60. The van der Waals surface area contributed by atoms with Gasteiger partial charge in [-0.1, -0.05) is 38.2 Å². The highest BCUT2D eigenvalue weighted by molar-refractivity contribution is 5.80. The second kappa shape index (κ2) is 8.73. The minimum absolute atomic E-state index is 0.186. The minimum atomic E-state index is -1.34. The molecule has 4 aliphatic rings. The second-order valence-electron chi connectivity index (χ2n) is 11.4. The van der Waals surface area contributed by atoms with E-state index in [1.165, 1.54) is 31.3 Å². The van der Waals surface area contributed by atoms with Crippen molar-refractivity contribution in [3.05, 3.63) is 35.5 Å². The molecule has 0 aromatic rings. The average Bonchev–Trinajstić information content (AvgIpc) is 3.18. The summed E-state index contributed by atoms with van der Waals surface area (Å²) in [5, 5.41) is 30.4. The molecule has 0 unspecified atom stereocenters. The molecule has 0 spiro atoms. The minimum Gasteiger partial charge on any atom is -0.460 e. The molecule has 5 nitrogen and oxygen atoms in total. The first-order chi connectivity index (χ1) is 15.0. The summed E-state index contributed by atoms with van der Waals surface area (Å²) in [7, 11) is 0. The van der Waals surface area contributed by atoms with Gasteiger partial charge in [0.05, 0.1) is 12.2 Å². The highest BCUT2D eigenvalue weighted by atomic mass is 16.6. The second-order valence-corrected chi connectivity index (χ2v) is 11.4. The Morgan fingerprint density at radius 1 is 1.25 bits per heavy atom. The predicted octanol–water partition coefficient (Wildman–Crippen LogP) is 4.22. The summed E-state index contributed by atoms with van der Waals surface area (Å²) in [6.45, 7) is 10.3. The lowest BCUT2D eigenvalue weighted by Crippen LogP contribution is -2.36. The first-order valence-electron chi connectivity index (χ1n) is 12.4. The van der Waals surface area contributed by atoms with E-state index in [1.54, 1.807) is 6.92 Å². The number of cyclic esters (lactones) is 1. The van der Waals surface area contributed by atoms with E-state index in [2.05, 4.69) is 32.6 Å². The van der Waals surface area contributed by atoms with Gasteiger partial charge in [0, 0.05) is 12.8 Å². The summed E-state index contributed by atoms with van der Waals surface area (Å²) in [4.78, 5) is 11.9. The summed E-state index contributed by atoms with van der Waals surface area (Å²) in [5.74, 6) is 1.06. The van der Waals surface area contributed by atoms with Gasteiger partial charge in [-0.25, -0.2) is 4.79 Å². The van der Waals surface area contributed by atoms with Crippen molar-refractivity contribution in [1.82, 2.24) is 0 Å². The molecule has 0 amide bonds. The zero-order valence-corrected chi connectivity index (χ0v) is 19.8. The number of carbonyl (C=O) groups is 1. The number of aliphatic hydroxyl groups is 3. The molecule has 3 aliphatic carbocycles. The molecule has 0 aromatic heterocycles. The molecule has 3 saturated carbocycles. The van der Waals surface area contributed by atoms with Gasteiger partial charge in [-0.15, -0.1) is 0 Å². The lowest BCUT2D eigenvalue weighted by Gasteiger charge is -2.44. The van der Waals surface area contributed by atoms with Crippen molar-refractivity contribution in [2.24, 2.45) is 23.2 Å². The van der Waals surface area contributed by atoms with Crippen LogP contribution in [0.15, 0.2) is 35.5 Å². The number of carbonyl (C=O) groups excluding carboxylic acids is 1. The summed E-state index contributed by atoms with van der Waals surface area (Å²) in [6.07, 6.45) is 11.0. The highest BCUT2D eigenvalue weighted by Crippen LogP contribution is 2.60. The van der Waals surface area contributed by atoms with Gasteiger partial charge in [-0.2, -0.15) is 0 Å². The molecule has 0 aromatic carbocycles. The molecule has 4 fully saturated rings. The molecular formula is C27H40O5. The van der Waals surface area contributed by atoms with Gasteiger partial charge in [0.25, 0.3) is 0 Å². The molecular weight excluding hydrogens is 404 g/mol. The molecule has 8 atom stereocenters. The van der Waals surface area contributed by atoms with E-state index < -0.39 is 23.8 Å². The van der Waals surface area contributed by atoms with Gasteiger partial charge in [-0.3, -0.25) is 0 Å². The number of ether oxygens (including phenoxy) is 1. The number of rotatable bonds is 4. The zero-order valence-electron chi connectivity index (χ0n) is 19.8. The average molecular weight is 445 g/mol. The highest BCUT2D eigenvalue weighted by Gasteiger charge is 2.52. The molecule has 0 radical (unpaired) electrons. The first kappa shape index (κ1) is 23.7. The molecule has 0 bridgehead atoms. The van der Waals surface area contributed by atoms with Crippen LogP contribution in [0.2, 0.25) is 0 Å². The van der Waals surface area contributed by atoms with Crippen LogP contribution in [-0.4, -0.2) is 45.2 Å². The monoisotopic (exact) mass is 444 g/mol. The summed E-state index contributed by atoms with van der Waals surface area (Å²) in [6, 6.07) is 0. The number of allylic oxidation sites excluding steroid dienone is 3. The maximum absolute atomic E-state index is 11.9. The van der Waals surface area contributed by atoms with E-state index >= 15 is 0 Å². The summed E-state index contributed by atoms with van der Waals surface area (Å²) < 4.78 is 5.47. The molecule has 5 heteroatoms. The van der Waals surface area contributed by atoms with Crippen molar-refractivity contribution in [2.45, 2.75) is 102 Å². The summed E-state index contributed by atoms with van der Waals surface area (Å²) in [5.41, 5.74) is 2.08. The number of hydrogen-bond acceptors (Lipinski definition) is 5. The standard InChI is InChI=1S/C27H40O5/c1-16(12-21-15-27(4,31)25(30)32-21)22-9-10-23-18(6-5-11-26(22,23)3)7-8-19-13-20(28)14-24(29)17(19)2/h7-8,16,20-24,28-29,31H,2,5-6,9-15H2,1,3-4H3/b18-7+,19-8+/t16-,20-,21+,22-,23+,24+,26-,27+/m1/s1. The molecule has 32 heavy (non-hydrogen) atoms. The maximum atomic E-state index is 11.9. The molecule has 3 N–H and O–H groups in total. The third-order valence-corrected chi connectivity index (χ3v) is 8.96. The van der Waals surface area contributed by atoms with Crippen LogP contribution >= 0.6 is 0 Å². The maximum Gasteiger partial charge on any atom is 0.338 e. The first-order valence-corrected chi connectivity index (χ1v) is 12.4. The van der Waals surface area contributed by atoms with E-state index in [1.807, 2.05) is 0 Å². The number of fused-ring (bicyclic) bond motifs is 1. The van der Waals surface area contributed by atoms with Crippen molar-refractivity contribution in [2.75, 3.05) is 0 Å². The Morgan fingerprint density at radius 3 is 2.69 bits per heavy atom. The van der Waals surface area contributed by atoms with E-state index in [0.717, 1.165) is 24.0 Å². The number of esters is 1. The van der Waals surface area contributed by atoms with Crippen LogP contribution in [0, 0.1) is 23.2 Å². The van der Waals surface area contributed by atoms with E-state index in [4.69, 9.17) is 4.74 Å². The van der Waals surface area contributed by atoms with Gasteiger partial charge in [-0.05, 0) is 86.2 Å². The topological polar surface area (TPSA) is 87.0 Å². The van der Waals surface area contributed by atoms with Crippen LogP contribution in [-0.2, 0) is 9.53 Å². The Labute approximate surface area is 192 Å². The normalized spacial score (nSPS) is 45.9. The Bertz CT molecular complexity index is 824. The van der Waals surface area contributed by atoms with Crippen molar-refractivity contribution >= 4 is 5.97 Å². The Kier molecular flexibility index (Phi) is 6.47. The third kappa shape index (κ3) is 4.36. The molecule has 1 aliphatic heterocycles.